The third kappa shape index (κ3) is 2.18. The van der Waals surface area contributed by atoms with Gasteiger partial charge in [0.15, 0.2) is 0 Å². The Kier molecular flexibility index (Phi) is 3.14. The molecule has 114 valence electrons. The number of nitrogens with one attached hydrogen (secondary N) is 2. The summed E-state index contributed by atoms with van der Waals surface area (Å²) in [6.07, 6.45) is 7.28. The van der Waals surface area contributed by atoms with E-state index >= 15 is 0 Å². The van der Waals surface area contributed by atoms with Crippen LogP contribution in [0.4, 0.5) is 10.8 Å². The number of carbonyl (C=O) groups excluding carboxylic acids is 1. The van der Waals surface area contributed by atoms with E-state index in [0.29, 0.717) is 0 Å². The largest absolute Gasteiger partial charge is 0.342 e. The quantitative estimate of drug-likeness (QED) is 0.890. The van der Waals surface area contributed by atoms with Crippen LogP contribution < -0.4 is 10.6 Å². The minimum atomic E-state index is -0.122. The Hall–Kier alpha value is -1.95. The lowest BCUT2D eigenvalue weighted by atomic mass is 9.78. The first-order valence-corrected chi connectivity index (χ1v) is 8.50. The van der Waals surface area contributed by atoms with Gasteiger partial charge < -0.3 is 10.6 Å². The van der Waals surface area contributed by atoms with Crippen molar-refractivity contribution in [2.24, 2.45) is 0 Å². The zero-order chi connectivity index (χ0) is 15.2. The van der Waals surface area contributed by atoms with Crippen LogP contribution in [0.25, 0.3) is 0 Å². The van der Waals surface area contributed by atoms with Crippen molar-refractivity contribution >= 4 is 28.1 Å². The Balaban J connectivity index is 1.66. The predicted octanol–water partition coefficient (Wildman–Crippen LogP) is 3.49. The van der Waals surface area contributed by atoms with E-state index in [1.807, 2.05) is 13.0 Å². The Morgan fingerprint density at radius 1 is 1.23 bits per heavy atom. The molecule has 0 radical (unpaired) electrons. The van der Waals surface area contributed by atoms with Gasteiger partial charge in [0.25, 0.3) is 5.91 Å². The first-order chi connectivity index (χ1) is 10.7. The predicted molar refractivity (Wildman–Crippen MR) is 86.6 cm³/mol. The van der Waals surface area contributed by atoms with Crippen molar-refractivity contribution in [3.8, 4) is 0 Å². The molecule has 6 heteroatoms. The number of aryl methyl sites for hydroxylation is 1. The van der Waals surface area contributed by atoms with Gasteiger partial charge in [-0.05, 0) is 25.8 Å². The highest BCUT2D eigenvalue weighted by atomic mass is 32.1. The number of aromatic nitrogens is 2. The fraction of sp³-hybridized carbons (Fsp3) is 0.438. The number of amides is 1. The topological polar surface area (TPSA) is 66.9 Å². The van der Waals surface area contributed by atoms with Crippen LogP contribution in [-0.2, 0) is 5.54 Å². The van der Waals surface area contributed by atoms with E-state index < -0.39 is 0 Å². The molecule has 0 bridgehead atoms. The number of thiophene rings is 1. The molecular weight excluding hydrogens is 296 g/mol. The molecule has 0 atom stereocenters. The van der Waals surface area contributed by atoms with Gasteiger partial charge in [-0.3, -0.25) is 4.79 Å². The second-order valence-corrected chi connectivity index (χ2v) is 7.17. The minimum Gasteiger partial charge on any atom is -0.342 e. The molecule has 2 aliphatic rings. The van der Waals surface area contributed by atoms with Gasteiger partial charge in [-0.15, -0.1) is 11.3 Å². The van der Waals surface area contributed by atoms with Crippen LogP contribution in [0.1, 0.15) is 53.0 Å². The van der Waals surface area contributed by atoms with Gasteiger partial charge in [-0.25, -0.2) is 9.97 Å². The Labute approximate surface area is 133 Å². The van der Waals surface area contributed by atoms with E-state index in [1.54, 1.807) is 6.33 Å². The van der Waals surface area contributed by atoms with Crippen LogP contribution in [0, 0.1) is 6.92 Å². The first-order valence-electron chi connectivity index (χ1n) is 7.69. The molecule has 3 heterocycles. The van der Waals surface area contributed by atoms with Gasteiger partial charge in [-0.2, -0.15) is 0 Å². The SMILES string of the molecule is Cc1cc(Nc2cc3c(s2)C(=O)NC32CCCCC2)ncn1. The maximum Gasteiger partial charge on any atom is 0.262 e. The van der Waals surface area contributed by atoms with E-state index in [1.165, 1.54) is 36.2 Å². The molecule has 0 aromatic carbocycles. The molecule has 1 saturated carbocycles. The summed E-state index contributed by atoms with van der Waals surface area (Å²) in [6, 6.07) is 4.03. The van der Waals surface area contributed by atoms with Gasteiger partial charge in [-0.1, -0.05) is 19.3 Å². The summed E-state index contributed by atoms with van der Waals surface area (Å²) >= 11 is 1.51. The molecule has 22 heavy (non-hydrogen) atoms. The van der Waals surface area contributed by atoms with Crippen molar-refractivity contribution in [3.05, 3.63) is 34.6 Å². The van der Waals surface area contributed by atoms with Gasteiger partial charge in [0.1, 0.15) is 12.1 Å². The maximum absolute atomic E-state index is 12.3. The van der Waals surface area contributed by atoms with Crippen LogP contribution in [0.15, 0.2) is 18.5 Å². The summed E-state index contributed by atoms with van der Waals surface area (Å²) in [5.74, 6) is 0.847. The Morgan fingerprint density at radius 3 is 2.82 bits per heavy atom. The molecule has 1 fully saturated rings. The summed E-state index contributed by atoms with van der Waals surface area (Å²) in [5, 5.41) is 7.51. The van der Waals surface area contributed by atoms with Gasteiger partial charge in [0, 0.05) is 17.3 Å². The number of nitrogens with zero attached hydrogens (tertiary/aromatic N) is 2. The van der Waals surface area contributed by atoms with Crippen LogP contribution in [0.2, 0.25) is 0 Å². The zero-order valence-electron chi connectivity index (χ0n) is 12.5. The lowest BCUT2D eigenvalue weighted by Crippen LogP contribution is -2.40. The fourth-order valence-electron chi connectivity index (χ4n) is 3.52. The summed E-state index contributed by atoms with van der Waals surface area (Å²) < 4.78 is 0. The highest BCUT2D eigenvalue weighted by Gasteiger charge is 2.44. The van der Waals surface area contributed by atoms with Crippen molar-refractivity contribution in [2.45, 2.75) is 44.6 Å². The summed E-state index contributed by atoms with van der Waals surface area (Å²) in [7, 11) is 0. The molecule has 1 aliphatic heterocycles. The van der Waals surface area contributed by atoms with Crippen molar-refractivity contribution in [2.75, 3.05) is 5.32 Å². The molecule has 0 unspecified atom stereocenters. The lowest BCUT2D eigenvalue weighted by Gasteiger charge is -2.33. The van der Waals surface area contributed by atoms with Crippen molar-refractivity contribution < 1.29 is 4.79 Å². The zero-order valence-corrected chi connectivity index (χ0v) is 13.3. The summed E-state index contributed by atoms with van der Waals surface area (Å²) in [5.41, 5.74) is 1.97. The number of fused-ring (bicyclic) bond motifs is 2. The second kappa shape index (κ2) is 5.05. The number of anilines is 2. The van der Waals surface area contributed by atoms with E-state index in [2.05, 4.69) is 26.7 Å². The highest BCUT2D eigenvalue weighted by Crippen LogP contribution is 2.47. The average Bonchev–Trinajstić information content (AvgIpc) is 3.01. The molecule has 2 aromatic rings. The lowest BCUT2D eigenvalue weighted by molar-refractivity contribution is 0.0912. The van der Waals surface area contributed by atoms with Gasteiger partial charge >= 0.3 is 0 Å². The molecule has 1 spiro atoms. The van der Waals surface area contributed by atoms with E-state index in [9.17, 15) is 4.79 Å². The molecule has 1 amide bonds. The third-order valence-electron chi connectivity index (χ3n) is 4.57. The van der Waals surface area contributed by atoms with Crippen molar-refractivity contribution in [1.82, 2.24) is 15.3 Å². The maximum atomic E-state index is 12.3. The molecular formula is C16H18N4OS. The Bertz CT molecular complexity index is 733. The number of rotatable bonds is 2. The normalized spacial score (nSPS) is 19.0. The number of hydrogen-bond acceptors (Lipinski definition) is 5. The fourth-order valence-corrected chi connectivity index (χ4v) is 4.58. The summed E-state index contributed by atoms with van der Waals surface area (Å²) in [6.45, 7) is 1.94. The third-order valence-corrected chi connectivity index (χ3v) is 5.62. The molecule has 2 aromatic heterocycles. The summed E-state index contributed by atoms with van der Waals surface area (Å²) in [4.78, 5) is 21.5. The smallest absolute Gasteiger partial charge is 0.262 e. The van der Waals surface area contributed by atoms with Crippen LogP contribution in [-0.4, -0.2) is 15.9 Å². The average molecular weight is 314 g/mol. The van der Waals surface area contributed by atoms with E-state index in [-0.39, 0.29) is 11.4 Å². The van der Waals surface area contributed by atoms with E-state index in [0.717, 1.165) is 34.2 Å². The van der Waals surface area contributed by atoms with Crippen LogP contribution >= 0.6 is 11.3 Å². The number of carbonyl (C=O) groups is 1. The van der Waals surface area contributed by atoms with Crippen LogP contribution in [0.5, 0.6) is 0 Å². The minimum absolute atomic E-state index is 0.0776. The van der Waals surface area contributed by atoms with Gasteiger partial charge in [0.05, 0.1) is 15.4 Å². The number of hydrogen-bond donors (Lipinski definition) is 2. The standard InChI is InChI=1S/C16H18N4OS/c1-10-7-12(18-9-17-10)19-13-8-11-14(22-13)15(21)20-16(11)5-3-2-4-6-16/h7-9H,2-6H2,1H3,(H,20,21)(H,17,18,19). The highest BCUT2D eigenvalue weighted by molar-refractivity contribution is 7.18. The molecule has 1 aliphatic carbocycles. The molecule has 0 saturated heterocycles. The van der Waals surface area contributed by atoms with Gasteiger partial charge in [0.2, 0.25) is 0 Å². The van der Waals surface area contributed by atoms with Crippen LogP contribution in [0.3, 0.4) is 0 Å². The molecule has 4 rings (SSSR count). The first kappa shape index (κ1) is 13.7. The van der Waals surface area contributed by atoms with Crippen molar-refractivity contribution in [1.29, 1.82) is 0 Å². The monoisotopic (exact) mass is 314 g/mol. The second-order valence-electron chi connectivity index (χ2n) is 6.12. The van der Waals surface area contributed by atoms with E-state index in [4.69, 9.17) is 0 Å². The Morgan fingerprint density at radius 2 is 2.05 bits per heavy atom. The molecule has 5 nitrogen and oxygen atoms in total. The molecule has 2 N–H and O–H groups in total. The van der Waals surface area contributed by atoms with Crippen molar-refractivity contribution in [3.63, 3.8) is 0 Å².